The summed E-state index contributed by atoms with van der Waals surface area (Å²) in [6.45, 7) is 0.571. The quantitative estimate of drug-likeness (QED) is 0.649. The van der Waals surface area contributed by atoms with Crippen LogP contribution in [-0.4, -0.2) is 48.7 Å². The average molecular weight is 463 g/mol. The maximum atomic E-state index is 13.3. The van der Waals surface area contributed by atoms with Crippen LogP contribution in [0.1, 0.15) is 30.4 Å². The van der Waals surface area contributed by atoms with Gasteiger partial charge in [0.25, 0.3) is 5.96 Å². The summed E-state index contributed by atoms with van der Waals surface area (Å²) in [6.07, 6.45) is 0.0339. The fourth-order valence-electron chi connectivity index (χ4n) is 4.23. The van der Waals surface area contributed by atoms with Crippen molar-refractivity contribution in [3.8, 4) is 0 Å². The van der Waals surface area contributed by atoms with Crippen molar-refractivity contribution in [3.05, 3.63) is 52.8 Å². The Balaban J connectivity index is 1.43. The molecule has 0 bridgehead atoms. The van der Waals surface area contributed by atoms with Crippen LogP contribution in [0, 0.1) is 5.41 Å². The van der Waals surface area contributed by atoms with Crippen molar-refractivity contribution in [1.82, 2.24) is 9.99 Å². The summed E-state index contributed by atoms with van der Waals surface area (Å²) in [5.74, 6) is 1.24. The topological polar surface area (TPSA) is 47.3 Å². The number of rotatable bonds is 4. The summed E-state index contributed by atoms with van der Waals surface area (Å²) in [6, 6.07) is 7.49. The molecule has 0 spiro atoms. The van der Waals surface area contributed by atoms with Crippen LogP contribution >= 0.6 is 11.6 Å². The Morgan fingerprint density at radius 1 is 1.19 bits per heavy atom. The third-order valence-electron chi connectivity index (χ3n) is 6.38. The standard InChI is InChI=1S/C22H22ClF3N6/c1-30-13-32-18-10-15(23)3-4-17(18)19(28-20(32)29-30)31(2)16-9-14(11-27-12-16)5-6-21(7-8-21)22(24,25)26/h3-4,9-12H,5-8,13H2,1-2H3. The van der Waals surface area contributed by atoms with Gasteiger partial charge in [-0.3, -0.25) is 14.9 Å². The smallest absolute Gasteiger partial charge is 0.327 e. The van der Waals surface area contributed by atoms with Crippen LogP contribution in [0.25, 0.3) is 0 Å². The fraction of sp³-hybridized carbons (Fsp3) is 0.409. The molecular formula is C22H22ClF3N6. The maximum Gasteiger partial charge on any atom is 0.394 e. The van der Waals surface area contributed by atoms with Crippen molar-refractivity contribution in [1.29, 1.82) is 0 Å². The number of fused-ring (bicyclic) bond motifs is 3. The molecule has 1 aromatic heterocycles. The molecule has 6 nitrogen and oxygen atoms in total. The highest BCUT2D eigenvalue weighted by molar-refractivity contribution is 6.32. The average Bonchev–Trinajstić information content (AvgIpc) is 3.46. The van der Waals surface area contributed by atoms with Gasteiger partial charge in [-0.25, -0.2) is 0 Å². The minimum Gasteiger partial charge on any atom is -0.327 e. The van der Waals surface area contributed by atoms with Crippen molar-refractivity contribution in [2.45, 2.75) is 31.9 Å². The lowest BCUT2D eigenvalue weighted by molar-refractivity contribution is -0.188. The van der Waals surface area contributed by atoms with E-state index in [1.165, 1.54) is 0 Å². The molecule has 0 amide bonds. The lowest BCUT2D eigenvalue weighted by Gasteiger charge is -2.30. The van der Waals surface area contributed by atoms with Crippen molar-refractivity contribution in [3.63, 3.8) is 0 Å². The zero-order valence-corrected chi connectivity index (χ0v) is 18.5. The van der Waals surface area contributed by atoms with Gasteiger partial charge >= 0.3 is 6.18 Å². The number of guanidine groups is 1. The van der Waals surface area contributed by atoms with Gasteiger partial charge in [0.15, 0.2) is 0 Å². The van der Waals surface area contributed by atoms with E-state index < -0.39 is 11.6 Å². The minimum atomic E-state index is -4.14. The first-order valence-electron chi connectivity index (χ1n) is 10.4. The first-order valence-corrected chi connectivity index (χ1v) is 10.7. The number of amidine groups is 1. The zero-order valence-electron chi connectivity index (χ0n) is 17.7. The van der Waals surface area contributed by atoms with E-state index in [0.29, 0.717) is 29.9 Å². The molecular weight excluding hydrogens is 441 g/mol. The van der Waals surface area contributed by atoms with Crippen molar-refractivity contribution < 1.29 is 13.2 Å². The summed E-state index contributed by atoms with van der Waals surface area (Å²) in [5, 5.41) is 6.88. The minimum absolute atomic E-state index is 0.0890. The normalized spacial score (nSPS) is 18.7. The molecule has 168 valence electrons. The van der Waals surface area contributed by atoms with Gasteiger partial charge in [0.05, 0.1) is 23.0 Å². The molecule has 2 aliphatic heterocycles. The number of hydrazone groups is 1. The number of aryl methyl sites for hydroxylation is 1. The van der Waals surface area contributed by atoms with E-state index in [9.17, 15) is 13.2 Å². The number of anilines is 2. The Bertz CT molecular complexity index is 1120. The van der Waals surface area contributed by atoms with Gasteiger partial charge in [0.2, 0.25) is 0 Å². The van der Waals surface area contributed by atoms with Gasteiger partial charge in [-0.2, -0.15) is 18.2 Å². The van der Waals surface area contributed by atoms with E-state index >= 15 is 0 Å². The monoisotopic (exact) mass is 462 g/mol. The Morgan fingerprint density at radius 3 is 2.69 bits per heavy atom. The van der Waals surface area contributed by atoms with Crippen LogP contribution in [0.5, 0.6) is 0 Å². The Labute approximate surface area is 189 Å². The van der Waals surface area contributed by atoms with E-state index in [2.05, 4.69) is 10.1 Å². The van der Waals surface area contributed by atoms with Gasteiger partial charge < -0.3 is 4.90 Å². The van der Waals surface area contributed by atoms with E-state index in [-0.39, 0.29) is 19.3 Å². The number of aliphatic imine (C=N–C) groups is 1. The lowest BCUT2D eigenvalue weighted by atomic mass is 9.96. The third kappa shape index (κ3) is 3.58. The first-order chi connectivity index (χ1) is 15.2. The number of benzene rings is 1. The molecule has 3 aliphatic rings. The lowest BCUT2D eigenvalue weighted by Crippen LogP contribution is -2.39. The molecule has 0 radical (unpaired) electrons. The molecule has 1 saturated carbocycles. The van der Waals surface area contributed by atoms with E-state index in [0.717, 1.165) is 22.5 Å². The van der Waals surface area contributed by atoms with Crippen LogP contribution in [0.3, 0.4) is 0 Å². The largest absolute Gasteiger partial charge is 0.394 e. The Kier molecular flexibility index (Phi) is 4.85. The van der Waals surface area contributed by atoms with Crippen molar-refractivity contribution in [2.24, 2.45) is 15.5 Å². The number of pyridine rings is 1. The summed E-state index contributed by atoms with van der Waals surface area (Å²) in [5.41, 5.74) is 1.81. The van der Waals surface area contributed by atoms with Crippen molar-refractivity contribution in [2.75, 3.05) is 30.6 Å². The van der Waals surface area contributed by atoms with Gasteiger partial charge in [0.1, 0.15) is 12.5 Å². The second kappa shape index (κ2) is 7.37. The van der Waals surface area contributed by atoms with Gasteiger partial charge in [-0.1, -0.05) is 11.6 Å². The van der Waals surface area contributed by atoms with E-state index in [4.69, 9.17) is 16.6 Å². The summed E-state index contributed by atoms with van der Waals surface area (Å²) < 4.78 is 39.9. The molecule has 1 aliphatic carbocycles. The molecule has 32 heavy (non-hydrogen) atoms. The van der Waals surface area contributed by atoms with Crippen LogP contribution in [0.2, 0.25) is 5.02 Å². The second-order valence-electron chi connectivity index (χ2n) is 8.61. The molecule has 10 heteroatoms. The van der Waals surface area contributed by atoms with Crippen LogP contribution < -0.4 is 9.80 Å². The molecule has 3 heterocycles. The highest BCUT2D eigenvalue weighted by atomic mass is 35.5. The predicted octanol–water partition coefficient (Wildman–Crippen LogP) is 4.89. The molecule has 1 fully saturated rings. The number of hydrogen-bond donors (Lipinski definition) is 0. The maximum absolute atomic E-state index is 13.3. The molecule has 0 saturated heterocycles. The molecule has 1 aromatic carbocycles. The molecule has 0 N–H and O–H groups in total. The van der Waals surface area contributed by atoms with Crippen LogP contribution in [-0.2, 0) is 6.42 Å². The number of alkyl halides is 3. The number of halogens is 4. The van der Waals surface area contributed by atoms with Crippen LogP contribution in [0.15, 0.2) is 46.8 Å². The van der Waals surface area contributed by atoms with Gasteiger partial charge in [0, 0.05) is 30.9 Å². The highest BCUT2D eigenvalue weighted by Gasteiger charge is 2.62. The second-order valence-corrected chi connectivity index (χ2v) is 9.05. The van der Waals surface area contributed by atoms with Crippen LogP contribution in [0.4, 0.5) is 24.5 Å². The Morgan fingerprint density at radius 2 is 1.97 bits per heavy atom. The number of nitrogens with zero attached hydrogens (tertiary/aromatic N) is 6. The van der Waals surface area contributed by atoms with Gasteiger partial charge in [-0.15, -0.1) is 5.10 Å². The van der Waals surface area contributed by atoms with Gasteiger partial charge in [-0.05, 0) is 55.5 Å². The SMILES string of the molecule is CN1CN2C(=N1)N=C(N(C)c1cncc(CCC3(C(F)(F)F)CC3)c1)c1ccc(Cl)cc12. The summed E-state index contributed by atoms with van der Waals surface area (Å²) >= 11 is 6.25. The molecule has 0 atom stereocenters. The third-order valence-corrected chi connectivity index (χ3v) is 6.61. The molecule has 5 rings (SSSR count). The number of aromatic nitrogens is 1. The van der Waals surface area contributed by atoms with Crippen molar-refractivity contribution >= 4 is 34.8 Å². The summed E-state index contributed by atoms with van der Waals surface area (Å²) in [7, 11) is 3.74. The highest BCUT2D eigenvalue weighted by Crippen LogP contribution is 2.60. The molecule has 0 unspecified atom stereocenters. The predicted molar refractivity (Wildman–Crippen MR) is 119 cm³/mol. The fourth-order valence-corrected chi connectivity index (χ4v) is 4.39. The Hall–Kier alpha value is -2.81. The van der Waals surface area contributed by atoms with E-state index in [1.807, 2.05) is 48.2 Å². The van der Waals surface area contributed by atoms with E-state index in [1.54, 1.807) is 17.4 Å². The summed E-state index contributed by atoms with van der Waals surface area (Å²) in [4.78, 5) is 12.9. The number of hydrogen-bond acceptors (Lipinski definition) is 6. The zero-order chi connectivity index (χ0) is 22.7. The molecule has 2 aromatic rings. The first kappa shape index (κ1) is 21.1.